The summed E-state index contributed by atoms with van der Waals surface area (Å²) in [5.74, 6) is -1.54. The van der Waals surface area contributed by atoms with Crippen LogP contribution in [0.2, 0.25) is 0 Å². The fourth-order valence-corrected chi connectivity index (χ4v) is 2.61. The van der Waals surface area contributed by atoms with Crippen LogP contribution in [0.15, 0.2) is 46.5 Å². The van der Waals surface area contributed by atoms with E-state index in [1.165, 1.54) is 0 Å². The van der Waals surface area contributed by atoms with Crippen LogP contribution in [0.25, 0.3) is 11.0 Å². The van der Waals surface area contributed by atoms with Crippen molar-refractivity contribution in [2.75, 3.05) is 0 Å². The van der Waals surface area contributed by atoms with Crippen LogP contribution < -0.4 is 0 Å². The minimum Gasteiger partial charge on any atom is -0.333 e. The molecule has 1 heterocycles. The van der Waals surface area contributed by atoms with E-state index in [1.54, 1.807) is 12.1 Å². The van der Waals surface area contributed by atoms with Crippen LogP contribution in [0.4, 0.5) is 8.78 Å². The molecule has 6 heteroatoms. The molecule has 3 aromatic rings. The second-order valence-corrected chi connectivity index (χ2v) is 5.04. The van der Waals surface area contributed by atoms with Crippen molar-refractivity contribution in [3.8, 4) is 6.07 Å². The third-order valence-corrected chi connectivity index (χ3v) is 3.67. The van der Waals surface area contributed by atoms with Gasteiger partial charge in [-0.25, -0.2) is 13.8 Å². The summed E-state index contributed by atoms with van der Waals surface area (Å²) in [7, 11) is 0. The molecule has 0 aliphatic heterocycles. The first-order valence-corrected chi connectivity index (χ1v) is 6.51. The highest BCUT2D eigenvalue weighted by Gasteiger charge is 2.14. The van der Waals surface area contributed by atoms with Crippen molar-refractivity contribution in [1.29, 1.82) is 5.26 Å². The average Bonchev–Trinajstić information content (AvgIpc) is 2.85. The second-order valence-electron chi connectivity index (χ2n) is 4.04. The number of nitriles is 1. The summed E-state index contributed by atoms with van der Waals surface area (Å²) in [5.41, 5.74) is 1.47. The molecular weight excluding hydrogens is 280 g/mol. The minimum atomic E-state index is -0.771. The van der Waals surface area contributed by atoms with Gasteiger partial charge in [-0.05, 0) is 36.0 Å². The van der Waals surface area contributed by atoms with Crippen LogP contribution in [-0.2, 0) is 0 Å². The first-order chi connectivity index (χ1) is 9.67. The van der Waals surface area contributed by atoms with Gasteiger partial charge in [0.05, 0.1) is 27.6 Å². The smallest absolute Gasteiger partial charge is 0.171 e. The number of benzene rings is 2. The van der Waals surface area contributed by atoms with Crippen molar-refractivity contribution in [2.24, 2.45) is 0 Å². The van der Waals surface area contributed by atoms with Crippen molar-refractivity contribution in [3.05, 3.63) is 53.6 Å². The first kappa shape index (κ1) is 12.6. The zero-order valence-corrected chi connectivity index (χ0v) is 10.8. The third-order valence-electron chi connectivity index (χ3n) is 2.69. The monoisotopic (exact) mass is 287 g/mol. The Morgan fingerprint density at radius 1 is 1.15 bits per heavy atom. The Hall–Kier alpha value is -2.39. The van der Waals surface area contributed by atoms with Crippen molar-refractivity contribution < 1.29 is 8.78 Å². The Balaban J connectivity index is 2.01. The van der Waals surface area contributed by atoms with Gasteiger partial charge in [0.2, 0.25) is 0 Å². The maximum atomic E-state index is 13.8. The number of rotatable bonds is 2. The standard InChI is InChI=1S/C14H7F2N3S/c15-9-5-8(7-17)6-10(16)13(9)20-14-18-11-3-1-2-4-12(11)19-14/h1-6H,(H,18,19). The largest absolute Gasteiger partial charge is 0.333 e. The lowest BCUT2D eigenvalue weighted by Crippen LogP contribution is -1.90. The number of para-hydroxylation sites is 2. The highest BCUT2D eigenvalue weighted by Crippen LogP contribution is 2.32. The van der Waals surface area contributed by atoms with Crippen molar-refractivity contribution in [1.82, 2.24) is 9.97 Å². The predicted octanol–water partition coefficient (Wildman–Crippen LogP) is 3.86. The SMILES string of the molecule is N#Cc1cc(F)c(Sc2nc3ccccc3[nH]2)c(F)c1. The molecule has 0 aliphatic carbocycles. The topological polar surface area (TPSA) is 52.5 Å². The Labute approximate surface area is 117 Å². The van der Waals surface area contributed by atoms with E-state index in [9.17, 15) is 8.78 Å². The second kappa shape index (κ2) is 4.94. The highest BCUT2D eigenvalue weighted by molar-refractivity contribution is 7.99. The van der Waals surface area contributed by atoms with Gasteiger partial charge >= 0.3 is 0 Å². The molecule has 98 valence electrons. The van der Waals surface area contributed by atoms with Crippen LogP contribution in [0.3, 0.4) is 0 Å². The average molecular weight is 287 g/mol. The number of aromatic nitrogens is 2. The van der Waals surface area contributed by atoms with Gasteiger partial charge in [0.25, 0.3) is 0 Å². The lowest BCUT2D eigenvalue weighted by molar-refractivity contribution is 0.539. The molecule has 1 aromatic heterocycles. The summed E-state index contributed by atoms with van der Waals surface area (Å²) in [6, 6.07) is 11.0. The predicted molar refractivity (Wildman–Crippen MR) is 71.3 cm³/mol. The fourth-order valence-electron chi connectivity index (χ4n) is 1.80. The lowest BCUT2D eigenvalue weighted by Gasteiger charge is -2.02. The van der Waals surface area contributed by atoms with Gasteiger partial charge in [0.1, 0.15) is 11.6 Å². The van der Waals surface area contributed by atoms with Crippen LogP contribution in [-0.4, -0.2) is 9.97 Å². The molecule has 20 heavy (non-hydrogen) atoms. The molecule has 0 bridgehead atoms. The maximum Gasteiger partial charge on any atom is 0.171 e. The molecule has 0 spiro atoms. The number of aromatic amines is 1. The molecule has 3 rings (SSSR count). The number of fused-ring (bicyclic) bond motifs is 1. The maximum absolute atomic E-state index is 13.8. The molecule has 0 saturated carbocycles. The molecular formula is C14H7F2N3S. The van der Waals surface area contributed by atoms with Crippen LogP contribution in [0.5, 0.6) is 0 Å². The van der Waals surface area contributed by atoms with Crippen LogP contribution >= 0.6 is 11.8 Å². The van der Waals surface area contributed by atoms with Crippen molar-refractivity contribution in [2.45, 2.75) is 10.1 Å². The van der Waals surface area contributed by atoms with Crippen LogP contribution in [0, 0.1) is 23.0 Å². The van der Waals surface area contributed by atoms with E-state index in [2.05, 4.69) is 9.97 Å². The minimum absolute atomic E-state index is 0.0473. The Kier molecular flexibility index (Phi) is 3.12. The number of hydrogen-bond donors (Lipinski definition) is 1. The number of H-pyrrole nitrogens is 1. The lowest BCUT2D eigenvalue weighted by atomic mass is 10.2. The van der Waals surface area contributed by atoms with Crippen molar-refractivity contribution >= 4 is 22.8 Å². The molecule has 1 N–H and O–H groups in total. The Morgan fingerprint density at radius 3 is 2.50 bits per heavy atom. The Morgan fingerprint density at radius 2 is 1.85 bits per heavy atom. The number of nitrogens with zero attached hydrogens (tertiary/aromatic N) is 2. The fraction of sp³-hybridized carbons (Fsp3) is 0. The number of hydrogen-bond acceptors (Lipinski definition) is 3. The molecule has 0 amide bonds. The molecule has 0 atom stereocenters. The van der Waals surface area contributed by atoms with E-state index in [1.807, 2.05) is 18.2 Å². The molecule has 0 fully saturated rings. The molecule has 0 radical (unpaired) electrons. The summed E-state index contributed by atoms with van der Waals surface area (Å²) in [6.45, 7) is 0. The molecule has 0 aliphatic rings. The summed E-state index contributed by atoms with van der Waals surface area (Å²) < 4.78 is 27.6. The van der Waals surface area contributed by atoms with Gasteiger partial charge in [-0.3, -0.25) is 0 Å². The summed E-state index contributed by atoms with van der Waals surface area (Å²) in [5, 5.41) is 9.05. The van der Waals surface area contributed by atoms with Crippen molar-refractivity contribution in [3.63, 3.8) is 0 Å². The van der Waals surface area contributed by atoms with E-state index in [4.69, 9.17) is 5.26 Å². The summed E-state index contributed by atoms with van der Waals surface area (Å²) in [4.78, 5) is 7.04. The van der Waals surface area contributed by atoms with E-state index in [0.29, 0.717) is 5.16 Å². The van der Waals surface area contributed by atoms with Gasteiger partial charge in [-0.15, -0.1) is 0 Å². The van der Waals surface area contributed by atoms with E-state index in [0.717, 1.165) is 34.9 Å². The number of halogens is 2. The number of nitrogens with one attached hydrogen (secondary N) is 1. The van der Waals surface area contributed by atoms with E-state index < -0.39 is 11.6 Å². The highest BCUT2D eigenvalue weighted by atomic mass is 32.2. The normalized spacial score (nSPS) is 10.7. The zero-order valence-electron chi connectivity index (χ0n) is 10.0. The Bertz CT molecular complexity index is 780. The third kappa shape index (κ3) is 2.24. The summed E-state index contributed by atoms with van der Waals surface area (Å²) in [6.07, 6.45) is 0. The van der Waals surface area contributed by atoms with E-state index in [-0.39, 0.29) is 10.5 Å². The first-order valence-electron chi connectivity index (χ1n) is 5.69. The molecule has 0 saturated heterocycles. The molecule has 2 aromatic carbocycles. The van der Waals surface area contributed by atoms with Gasteiger partial charge in [0, 0.05) is 0 Å². The van der Waals surface area contributed by atoms with Gasteiger partial charge in [-0.2, -0.15) is 5.26 Å². The van der Waals surface area contributed by atoms with Gasteiger partial charge < -0.3 is 4.98 Å². The zero-order chi connectivity index (χ0) is 14.1. The quantitative estimate of drug-likeness (QED) is 0.778. The molecule has 3 nitrogen and oxygen atoms in total. The van der Waals surface area contributed by atoms with Gasteiger partial charge in [0.15, 0.2) is 5.16 Å². The van der Waals surface area contributed by atoms with E-state index >= 15 is 0 Å². The van der Waals surface area contributed by atoms with Gasteiger partial charge in [-0.1, -0.05) is 12.1 Å². The summed E-state index contributed by atoms with van der Waals surface area (Å²) >= 11 is 0.860. The molecule has 0 unspecified atom stereocenters. The van der Waals surface area contributed by atoms with Crippen LogP contribution in [0.1, 0.15) is 5.56 Å². The number of imidazole rings is 1.